The Hall–Kier alpha value is -0.810. The third-order valence-electron chi connectivity index (χ3n) is 1.28. The second kappa shape index (κ2) is 5.04. The average Bonchev–Trinajstić information content (AvgIpc) is 2.15. The Balaban J connectivity index is 2.62. The van der Waals surface area contributed by atoms with E-state index in [0.29, 0.717) is 0 Å². The maximum atomic E-state index is 10.8. The van der Waals surface area contributed by atoms with E-state index in [1.54, 1.807) is 6.26 Å². The van der Waals surface area contributed by atoms with Crippen molar-refractivity contribution in [2.75, 3.05) is 6.26 Å². The largest absolute Gasteiger partial charge is 0.350 e. The van der Waals surface area contributed by atoms with Gasteiger partial charge in [-0.2, -0.15) is 0 Å². The number of hydrogen-bond donors (Lipinski definition) is 1. The lowest BCUT2D eigenvalue weighted by atomic mass is 10.4. The quantitative estimate of drug-likeness (QED) is 0.786. The highest BCUT2D eigenvalue weighted by Crippen LogP contribution is 2.26. The molecule has 2 amide bonds. The first kappa shape index (κ1) is 10.3. The van der Waals surface area contributed by atoms with Gasteiger partial charge in [-0.1, -0.05) is 18.2 Å². The third-order valence-corrected chi connectivity index (χ3v) is 3.29. The summed E-state index contributed by atoms with van der Waals surface area (Å²) >= 11 is 2.61. The second-order valence-corrected chi connectivity index (χ2v) is 4.16. The molecule has 5 heteroatoms. The molecule has 0 saturated carbocycles. The van der Waals surface area contributed by atoms with Gasteiger partial charge in [-0.05, 0) is 24.1 Å². The van der Waals surface area contributed by atoms with Crippen LogP contribution in [0.3, 0.4) is 0 Å². The van der Waals surface area contributed by atoms with Gasteiger partial charge in [-0.25, -0.2) is 8.51 Å². The topological polar surface area (TPSA) is 46.3 Å². The summed E-state index contributed by atoms with van der Waals surface area (Å²) in [4.78, 5) is 11.8. The predicted molar refractivity (Wildman–Crippen MR) is 57.2 cm³/mol. The molecule has 1 rings (SSSR count). The maximum Gasteiger partial charge on any atom is 0.335 e. The van der Waals surface area contributed by atoms with Gasteiger partial charge in [0.25, 0.3) is 0 Å². The zero-order valence-corrected chi connectivity index (χ0v) is 8.77. The van der Waals surface area contributed by atoms with Crippen LogP contribution in [0.15, 0.2) is 35.2 Å². The summed E-state index contributed by atoms with van der Waals surface area (Å²) in [6.07, 6.45) is 1.81. The van der Waals surface area contributed by atoms with Crippen LogP contribution < -0.4 is 5.73 Å². The van der Waals surface area contributed by atoms with Gasteiger partial charge >= 0.3 is 6.03 Å². The van der Waals surface area contributed by atoms with Gasteiger partial charge in [0.1, 0.15) is 0 Å². The first-order valence-corrected chi connectivity index (χ1v) is 5.56. The molecule has 3 nitrogen and oxygen atoms in total. The summed E-state index contributed by atoms with van der Waals surface area (Å²) in [7, 11) is 0. The number of carbonyl (C=O) groups excluding carboxylic acids is 1. The fourth-order valence-corrected chi connectivity index (χ4v) is 2.05. The minimum absolute atomic E-state index is 0.443. The molecule has 0 saturated heterocycles. The van der Waals surface area contributed by atoms with Crippen molar-refractivity contribution in [3.05, 3.63) is 30.3 Å². The lowest BCUT2D eigenvalue weighted by Crippen LogP contribution is -2.23. The molecular formula is C8H10N2OS2. The number of urea groups is 1. The molecular weight excluding hydrogens is 204 g/mol. The molecule has 0 aliphatic carbocycles. The Morgan fingerprint density at radius 2 is 2.00 bits per heavy atom. The molecule has 2 N–H and O–H groups in total. The Kier molecular flexibility index (Phi) is 3.98. The van der Waals surface area contributed by atoms with Gasteiger partial charge in [0.2, 0.25) is 0 Å². The third kappa shape index (κ3) is 3.20. The van der Waals surface area contributed by atoms with E-state index in [4.69, 9.17) is 5.73 Å². The Morgan fingerprint density at radius 3 is 2.46 bits per heavy atom. The molecule has 0 unspecified atom stereocenters. The summed E-state index contributed by atoms with van der Waals surface area (Å²) < 4.78 is 1.43. The molecule has 0 aliphatic rings. The number of carbonyl (C=O) groups is 1. The predicted octanol–water partition coefficient (Wildman–Crippen LogP) is 2.35. The van der Waals surface area contributed by atoms with Crippen LogP contribution in [0, 0.1) is 0 Å². The van der Waals surface area contributed by atoms with Crippen LogP contribution in [-0.4, -0.2) is 16.0 Å². The van der Waals surface area contributed by atoms with Crippen molar-refractivity contribution in [2.24, 2.45) is 5.73 Å². The van der Waals surface area contributed by atoms with Crippen LogP contribution in [0.4, 0.5) is 4.79 Å². The normalized spacial score (nSPS) is 9.62. The van der Waals surface area contributed by atoms with Gasteiger partial charge in [-0.3, -0.25) is 0 Å². The van der Waals surface area contributed by atoms with Crippen molar-refractivity contribution < 1.29 is 4.79 Å². The molecule has 0 aliphatic heterocycles. The molecule has 13 heavy (non-hydrogen) atoms. The van der Waals surface area contributed by atoms with Crippen LogP contribution >= 0.6 is 23.9 Å². The highest BCUT2D eigenvalue weighted by Gasteiger charge is 2.09. The molecule has 0 fully saturated rings. The summed E-state index contributed by atoms with van der Waals surface area (Å²) in [6, 6.07) is 9.18. The molecule has 0 aromatic heterocycles. The number of benzene rings is 1. The van der Waals surface area contributed by atoms with Crippen molar-refractivity contribution in [2.45, 2.75) is 4.90 Å². The van der Waals surface area contributed by atoms with E-state index in [-0.39, 0.29) is 0 Å². The highest BCUT2D eigenvalue weighted by atomic mass is 32.2. The molecule has 0 spiro atoms. The van der Waals surface area contributed by atoms with Crippen LogP contribution in [0.5, 0.6) is 0 Å². The Labute approximate surface area is 85.9 Å². The fraction of sp³-hybridized carbons (Fsp3) is 0.125. The van der Waals surface area contributed by atoms with Crippen LogP contribution in [0.1, 0.15) is 0 Å². The minimum Gasteiger partial charge on any atom is -0.350 e. The number of hydrogen-bond acceptors (Lipinski definition) is 3. The SMILES string of the molecule is CSN(Sc1ccccc1)C(N)=O. The highest BCUT2D eigenvalue weighted by molar-refractivity contribution is 8.12. The first-order chi connectivity index (χ1) is 6.24. The molecule has 1 aromatic rings. The zero-order valence-electron chi connectivity index (χ0n) is 7.14. The molecule has 1 aromatic carbocycles. The van der Waals surface area contributed by atoms with E-state index in [2.05, 4.69) is 0 Å². The van der Waals surface area contributed by atoms with Crippen molar-refractivity contribution in [3.63, 3.8) is 0 Å². The number of nitrogens with zero attached hydrogens (tertiary/aromatic N) is 1. The molecule has 70 valence electrons. The van der Waals surface area contributed by atoms with E-state index < -0.39 is 6.03 Å². The fourth-order valence-electron chi connectivity index (χ4n) is 0.749. The van der Waals surface area contributed by atoms with Gasteiger partial charge in [0.05, 0.1) is 0 Å². The van der Waals surface area contributed by atoms with Crippen LogP contribution in [0.2, 0.25) is 0 Å². The van der Waals surface area contributed by atoms with Crippen molar-refractivity contribution >= 4 is 29.9 Å². The second-order valence-electron chi connectivity index (χ2n) is 2.18. The smallest absolute Gasteiger partial charge is 0.335 e. The van der Waals surface area contributed by atoms with Gasteiger partial charge < -0.3 is 5.73 Å². The van der Waals surface area contributed by atoms with E-state index >= 15 is 0 Å². The molecule has 0 radical (unpaired) electrons. The zero-order chi connectivity index (χ0) is 9.68. The van der Waals surface area contributed by atoms with Crippen molar-refractivity contribution in [1.82, 2.24) is 3.71 Å². The van der Waals surface area contributed by atoms with E-state index in [1.807, 2.05) is 30.3 Å². The summed E-state index contributed by atoms with van der Waals surface area (Å²) in [5.41, 5.74) is 5.14. The standard InChI is InChI=1S/C8H10N2OS2/c1-12-10(8(9)11)13-7-5-3-2-4-6-7/h2-6H,1H3,(H2,9,11). The number of amides is 2. The van der Waals surface area contributed by atoms with Crippen molar-refractivity contribution in [1.29, 1.82) is 0 Å². The Bertz CT molecular complexity index is 279. The number of rotatable bonds is 3. The van der Waals surface area contributed by atoms with E-state index in [1.165, 1.54) is 27.6 Å². The lowest BCUT2D eigenvalue weighted by Gasteiger charge is -2.14. The Morgan fingerprint density at radius 1 is 1.38 bits per heavy atom. The van der Waals surface area contributed by atoms with E-state index in [0.717, 1.165) is 4.90 Å². The number of primary amides is 1. The summed E-state index contributed by atoms with van der Waals surface area (Å²) in [6.45, 7) is 0. The van der Waals surface area contributed by atoms with Gasteiger partial charge in [-0.15, -0.1) is 0 Å². The monoisotopic (exact) mass is 214 g/mol. The van der Waals surface area contributed by atoms with Crippen molar-refractivity contribution in [3.8, 4) is 0 Å². The minimum atomic E-state index is -0.443. The number of nitrogens with two attached hydrogens (primary N) is 1. The molecule has 0 atom stereocenters. The van der Waals surface area contributed by atoms with Gasteiger partial charge in [0.15, 0.2) is 0 Å². The molecule has 0 heterocycles. The summed E-state index contributed by atoms with van der Waals surface area (Å²) in [5, 5.41) is 0. The maximum absolute atomic E-state index is 10.8. The molecule has 0 bridgehead atoms. The van der Waals surface area contributed by atoms with E-state index in [9.17, 15) is 4.79 Å². The van der Waals surface area contributed by atoms with Crippen LogP contribution in [0.25, 0.3) is 0 Å². The average molecular weight is 214 g/mol. The van der Waals surface area contributed by atoms with Gasteiger partial charge in [0, 0.05) is 23.1 Å². The summed E-state index contributed by atoms with van der Waals surface area (Å²) in [5.74, 6) is 0. The first-order valence-electron chi connectivity index (χ1n) is 3.60. The lowest BCUT2D eigenvalue weighted by molar-refractivity contribution is 0.246. The van der Waals surface area contributed by atoms with Crippen LogP contribution in [-0.2, 0) is 0 Å².